The van der Waals surface area contributed by atoms with Gasteiger partial charge in [-0.15, -0.1) is 0 Å². The van der Waals surface area contributed by atoms with Gasteiger partial charge in [-0.05, 0) is 42.2 Å². The largest absolute Gasteiger partial charge is 0.384 e. The molecule has 3 nitrogen and oxygen atoms in total. The van der Waals surface area contributed by atoms with Gasteiger partial charge >= 0.3 is 0 Å². The summed E-state index contributed by atoms with van der Waals surface area (Å²) in [6, 6.07) is 14.1. The van der Waals surface area contributed by atoms with Crippen LogP contribution in [0, 0.1) is 6.92 Å². The molecule has 122 valence electrons. The molecule has 0 saturated heterocycles. The van der Waals surface area contributed by atoms with Crippen LogP contribution in [0.15, 0.2) is 46.9 Å². The summed E-state index contributed by atoms with van der Waals surface area (Å²) in [6.45, 7) is 6.91. The maximum absolute atomic E-state index is 12.2. The molecule has 0 aromatic heterocycles. The molecule has 0 saturated carbocycles. The molecule has 0 unspecified atom stereocenters. The second kappa shape index (κ2) is 8.16. The average Bonchev–Trinajstić information content (AvgIpc) is 2.49. The molecule has 0 bridgehead atoms. The Labute approximate surface area is 146 Å². The van der Waals surface area contributed by atoms with Crippen molar-refractivity contribution in [1.29, 1.82) is 0 Å². The first-order valence-electron chi connectivity index (χ1n) is 7.86. The molecule has 2 N–H and O–H groups in total. The summed E-state index contributed by atoms with van der Waals surface area (Å²) in [4.78, 5) is 12.2. The minimum Gasteiger partial charge on any atom is -0.384 e. The Morgan fingerprint density at radius 3 is 2.61 bits per heavy atom. The molecule has 0 atom stereocenters. The van der Waals surface area contributed by atoms with Gasteiger partial charge in [-0.3, -0.25) is 4.79 Å². The van der Waals surface area contributed by atoms with E-state index in [0.29, 0.717) is 18.9 Å². The molecule has 1 amide bonds. The number of nitrogens with one attached hydrogen (secondary N) is 2. The Balaban J connectivity index is 1.93. The third-order valence-electron chi connectivity index (χ3n) is 3.70. The van der Waals surface area contributed by atoms with Crippen molar-refractivity contribution in [3.05, 3.63) is 58.1 Å². The number of hydrogen-bond acceptors (Lipinski definition) is 2. The molecule has 0 aliphatic rings. The Kier molecular flexibility index (Phi) is 6.22. The van der Waals surface area contributed by atoms with Crippen molar-refractivity contribution >= 4 is 33.2 Å². The van der Waals surface area contributed by atoms with Crippen molar-refractivity contribution in [1.82, 2.24) is 0 Å². The molecule has 0 aliphatic heterocycles. The van der Waals surface area contributed by atoms with Crippen molar-refractivity contribution < 1.29 is 4.79 Å². The van der Waals surface area contributed by atoms with Gasteiger partial charge < -0.3 is 10.6 Å². The molecule has 0 spiro atoms. The molecular weight excluding hydrogens is 352 g/mol. The van der Waals surface area contributed by atoms with E-state index in [2.05, 4.69) is 46.5 Å². The quantitative estimate of drug-likeness (QED) is 0.717. The Hall–Kier alpha value is -1.81. The van der Waals surface area contributed by atoms with Crippen LogP contribution >= 0.6 is 15.9 Å². The van der Waals surface area contributed by atoms with Crippen molar-refractivity contribution in [2.45, 2.75) is 33.1 Å². The highest BCUT2D eigenvalue weighted by molar-refractivity contribution is 9.10. The van der Waals surface area contributed by atoms with Crippen LogP contribution in [0.2, 0.25) is 0 Å². The summed E-state index contributed by atoms with van der Waals surface area (Å²) in [5, 5.41) is 6.33. The highest BCUT2D eigenvalue weighted by Crippen LogP contribution is 2.27. The van der Waals surface area contributed by atoms with E-state index in [0.717, 1.165) is 21.4 Å². The van der Waals surface area contributed by atoms with E-state index in [1.807, 2.05) is 43.3 Å². The van der Waals surface area contributed by atoms with Gasteiger partial charge in [0.1, 0.15) is 0 Å². The van der Waals surface area contributed by atoms with E-state index in [9.17, 15) is 4.79 Å². The minimum atomic E-state index is 0.0312. The number of rotatable bonds is 6. The van der Waals surface area contributed by atoms with E-state index in [-0.39, 0.29) is 5.91 Å². The van der Waals surface area contributed by atoms with Crippen molar-refractivity contribution in [3.63, 3.8) is 0 Å². The first-order valence-corrected chi connectivity index (χ1v) is 8.65. The smallest absolute Gasteiger partial charge is 0.226 e. The molecule has 0 fully saturated rings. The highest BCUT2D eigenvalue weighted by Gasteiger charge is 2.11. The van der Waals surface area contributed by atoms with E-state index in [4.69, 9.17) is 0 Å². The van der Waals surface area contributed by atoms with Crippen LogP contribution in [0.25, 0.3) is 0 Å². The molecule has 2 aromatic rings. The second-order valence-corrected chi connectivity index (χ2v) is 6.84. The first-order chi connectivity index (χ1) is 11.0. The normalized spacial score (nSPS) is 10.7. The summed E-state index contributed by atoms with van der Waals surface area (Å²) in [5.74, 6) is 0.411. The second-order valence-electron chi connectivity index (χ2n) is 5.93. The lowest BCUT2D eigenvalue weighted by molar-refractivity contribution is -0.115. The Morgan fingerprint density at radius 2 is 1.91 bits per heavy atom. The topological polar surface area (TPSA) is 41.1 Å². The molecular formula is C19H23BrN2O. The highest BCUT2D eigenvalue weighted by atomic mass is 79.9. The fourth-order valence-electron chi connectivity index (χ4n) is 2.46. The van der Waals surface area contributed by atoms with Gasteiger partial charge in [-0.1, -0.05) is 54.0 Å². The van der Waals surface area contributed by atoms with Gasteiger partial charge in [0, 0.05) is 28.8 Å². The van der Waals surface area contributed by atoms with Gasteiger partial charge in [0.25, 0.3) is 0 Å². The van der Waals surface area contributed by atoms with Gasteiger partial charge in [0.15, 0.2) is 0 Å². The molecule has 0 heterocycles. The maximum Gasteiger partial charge on any atom is 0.226 e. The van der Waals surface area contributed by atoms with Gasteiger partial charge in [-0.2, -0.15) is 0 Å². The van der Waals surface area contributed by atoms with Gasteiger partial charge in [0.2, 0.25) is 5.91 Å². The average molecular weight is 375 g/mol. The van der Waals surface area contributed by atoms with Crippen LogP contribution in [0.5, 0.6) is 0 Å². The number of aryl methyl sites for hydroxylation is 1. The number of benzene rings is 2. The number of carbonyl (C=O) groups excluding carboxylic acids is 1. The Morgan fingerprint density at radius 1 is 1.17 bits per heavy atom. The zero-order chi connectivity index (χ0) is 16.8. The van der Waals surface area contributed by atoms with Crippen molar-refractivity contribution in [2.75, 3.05) is 17.2 Å². The number of halogens is 1. The number of amides is 1. The lowest BCUT2D eigenvalue weighted by Gasteiger charge is -2.16. The fourth-order valence-corrected chi connectivity index (χ4v) is 2.86. The van der Waals surface area contributed by atoms with Crippen molar-refractivity contribution in [2.24, 2.45) is 0 Å². The monoisotopic (exact) mass is 374 g/mol. The van der Waals surface area contributed by atoms with E-state index >= 15 is 0 Å². The SMILES string of the molecule is Cc1cccc(C(C)C)c1NC(=O)CCNc1cccc(Br)c1. The lowest BCUT2D eigenvalue weighted by Crippen LogP contribution is -2.18. The molecule has 0 aliphatic carbocycles. The van der Waals surface area contributed by atoms with Crippen molar-refractivity contribution in [3.8, 4) is 0 Å². The van der Waals surface area contributed by atoms with Gasteiger partial charge in [-0.25, -0.2) is 0 Å². The number of para-hydroxylation sites is 1. The summed E-state index contributed by atoms with van der Waals surface area (Å²) < 4.78 is 1.02. The van der Waals surface area contributed by atoms with Gasteiger partial charge in [0.05, 0.1) is 0 Å². The van der Waals surface area contributed by atoms with E-state index < -0.39 is 0 Å². The first kappa shape index (κ1) is 17.5. The predicted molar refractivity (Wildman–Crippen MR) is 101 cm³/mol. The predicted octanol–water partition coefficient (Wildman–Crippen LogP) is 5.32. The maximum atomic E-state index is 12.2. The van der Waals surface area contributed by atoms with E-state index in [1.165, 1.54) is 5.56 Å². The number of hydrogen-bond donors (Lipinski definition) is 2. The molecule has 23 heavy (non-hydrogen) atoms. The standard InChI is InChI=1S/C19H23BrN2O/c1-13(2)17-9-4-6-14(3)19(17)22-18(23)10-11-21-16-8-5-7-15(20)12-16/h4-9,12-13,21H,10-11H2,1-3H3,(H,22,23). The van der Waals surface area contributed by atoms with Crippen LogP contribution in [-0.4, -0.2) is 12.5 Å². The summed E-state index contributed by atoms with van der Waals surface area (Å²) in [5.41, 5.74) is 4.24. The number of carbonyl (C=O) groups is 1. The van der Waals surface area contributed by atoms with Crippen LogP contribution in [-0.2, 0) is 4.79 Å². The molecule has 2 aromatic carbocycles. The van der Waals surface area contributed by atoms with Crippen LogP contribution < -0.4 is 10.6 Å². The minimum absolute atomic E-state index is 0.0312. The zero-order valence-electron chi connectivity index (χ0n) is 13.8. The van der Waals surface area contributed by atoms with Crippen LogP contribution in [0.4, 0.5) is 11.4 Å². The van der Waals surface area contributed by atoms with Crippen LogP contribution in [0.1, 0.15) is 37.3 Å². The molecule has 2 rings (SSSR count). The van der Waals surface area contributed by atoms with Crippen LogP contribution in [0.3, 0.4) is 0 Å². The number of anilines is 2. The molecule has 0 radical (unpaired) electrons. The third kappa shape index (κ3) is 5.10. The Bertz CT molecular complexity index is 683. The summed E-state index contributed by atoms with van der Waals surface area (Å²) in [7, 11) is 0. The summed E-state index contributed by atoms with van der Waals surface area (Å²) in [6.07, 6.45) is 0.429. The lowest BCUT2D eigenvalue weighted by atomic mass is 9.98. The zero-order valence-corrected chi connectivity index (χ0v) is 15.4. The van der Waals surface area contributed by atoms with E-state index in [1.54, 1.807) is 0 Å². The third-order valence-corrected chi connectivity index (χ3v) is 4.19. The summed E-state index contributed by atoms with van der Waals surface area (Å²) >= 11 is 3.44. The molecule has 4 heteroatoms. The fraction of sp³-hybridized carbons (Fsp3) is 0.316.